The quantitative estimate of drug-likeness (QED) is 0.844. The molecule has 20 heavy (non-hydrogen) atoms. The molecule has 0 fully saturated rings. The Morgan fingerprint density at radius 1 is 1.25 bits per heavy atom. The van der Waals surface area contributed by atoms with Crippen LogP contribution in [-0.4, -0.2) is 25.7 Å². The largest absolute Gasteiger partial charge is 0.349 e. The molecule has 2 heterocycles. The molecule has 2 rings (SSSR count). The van der Waals surface area contributed by atoms with Crippen LogP contribution in [0.5, 0.6) is 0 Å². The first-order valence-corrected chi connectivity index (χ1v) is 6.13. The van der Waals surface area contributed by atoms with Gasteiger partial charge in [0.05, 0.1) is 17.9 Å². The van der Waals surface area contributed by atoms with E-state index in [-0.39, 0.29) is 18.0 Å². The molecule has 0 aliphatic rings. The summed E-state index contributed by atoms with van der Waals surface area (Å²) in [6.45, 7) is 3.80. The molecule has 0 aliphatic carbocycles. The van der Waals surface area contributed by atoms with Crippen LogP contribution in [0.4, 0.5) is 0 Å². The van der Waals surface area contributed by atoms with Crippen LogP contribution in [0.2, 0.25) is 0 Å². The number of nitrogens with zero attached hydrogens (tertiary/aromatic N) is 4. The number of rotatable bonds is 4. The van der Waals surface area contributed by atoms with Crippen molar-refractivity contribution in [3.8, 4) is 0 Å². The normalized spacial score (nSPS) is 10.3. The first-order valence-electron chi connectivity index (χ1n) is 6.13. The molecule has 7 nitrogen and oxygen atoms in total. The van der Waals surface area contributed by atoms with Crippen molar-refractivity contribution in [3.05, 3.63) is 52.0 Å². The smallest absolute Gasteiger partial charge is 0.267 e. The highest BCUT2D eigenvalue weighted by molar-refractivity contribution is 5.75. The third-order valence-corrected chi connectivity index (χ3v) is 2.62. The molecule has 0 aromatic carbocycles. The van der Waals surface area contributed by atoms with E-state index in [0.717, 1.165) is 16.1 Å². The average molecular weight is 273 g/mol. The summed E-state index contributed by atoms with van der Waals surface area (Å²) in [5.41, 5.74) is 1.93. The minimum atomic E-state index is -0.302. The van der Waals surface area contributed by atoms with E-state index in [1.807, 2.05) is 6.92 Å². The number of carbonyl (C=O) groups is 1. The summed E-state index contributed by atoms with van der Waals surface area (Å²) in [6.07, 6.45) is 1.45. The van der Waals surface area contributed by atoms with E-state index in [4.69, 9.17) is 0 Å². The van der Waals surface area contributed by atoms with Gasteiger partial charge in [-0.1, -0.05) is 0 Å². The van der Waals surface area contributed by atoms with Crippen molar-refractivity contribution in [2.75, 3.05) is 0 Å². The van der Waals surface area contributed by atoms with E-state index in [0.29, 0.717) is 12.2 Å². The Balaban J connectivity index is 1.96. The lowest BCUT2D eigenvalue weighted by Gasteiger charge is -2.07. The molecule has 0 spiro atoms. The molecule has 0 unspecified atom stereocenters. The Labute approximate surface area is 115 Å². The van der Waals surface area contributed by atoms with Gasteiger partial charge in [0, 0.05) is 11.8 Å². The summed E-state index contributed by atoms with van der Waals surface area (Å²) in [5.74, 6) is -0.290. The number of carbonyl (C=O) groups excluding carboxylic acids is 1. The van der Waals surface area contributed by atoms with Gasteiger partial charge in [-0.25, -0.2) is 14.6 Å². The van der Waals surface area contributed by atoms with E-state index in [1.165, 1.54) is 12.4 Å². The summed E-state index contributed by atoms with van der Waals surface area (Å²) in [6, 6.07) is 4.79. The van der Waals surface area contributed by atoms with Crippen LogP contribution in [0.1, 0.15) is 17.1 Å². The molecule has 0 saturated heterocycles. The van der Waals surface area contributed by atoms with Gasteiger partial charge in [-0.05, 0) is 26.0 Å². The molecule has 0 aliphatic heterocycles. The lowest BCUT2D eigenvalue weighted by atomic mass is 10.3. The predicted molar refractivity (Wildman–Crippen MR) is 71.8 cm³/mol. The Hall–Kier alpha value is -2.57. The van der Waals surface area contributed by atoms with Gasteiger partial charge >= 0.3 is 0 Å². The third kappa shape index (κ3) is 3.71. The highest BCUT2D eigenvalue weighted by Crippen LogP contribution is 1.95. The lowest BCUT2D eigenvalue weighted by molar-refractivity contribution is -0.122. The zero-order chi connectivity index (χ0) is 14.5. The van der Waals surface area contributed by atoms with Crippen LogP contribution >= 0.6 is 0 Å². The van der Waals surface area contributed by atoms with Crippen LogP contribution in [-0.2, 0) is 17.9 Å². The molecule has 0 radical (unpaired) electrons. The fourth-order valence-corrected chi connectivity index (χ4v) is 1.65. The van der Waals surface area contributed by atoms with Gasteiger partial charge < -0.3 is 5.32 Å². The number of hydrogen-bond acceptors (Lipinski definition) is 5. The maximum atomic E-state index is 11.8. The minimum absolute atomic E-state index is 0.107. The van der Waals surface area contributed by atoms with E-state index < -0.39 is 0 Å². The maximum absolute atomic E-state index is 11.8. The van der Waals surface area contributed by atoms with Crippen molar-refractivity contribution in [2.24, 2.45) is 0 Å². The minimum Gasteiger partial charge on any atom is -0.349 e. The number of nitrogens with one attached hydrogen (secondary N) is 1. The van der Waals surface area contributed by atoms with Crippen molar-refractivity contribution < 1.29 is 4.79 Å². The van der Waals surface area contributed by atoms with Crippen molar-refractivity contribution >= 4 is 5.91 Å². The van der Waals surface area contributed by atoms with Gasteiger partial charge in [-0.2, -0.15) is 5.10 Å². The summed E-state index contributed by atoms with van der Waals surface area (Å²) in [5, 5.41) is 6.69. The summed E-state index contributed by atoms with van der Waals surface area (Å²) < 4.78 is 1.13. The van der Waals surface area contributed by atoms with Gasteiger partial charge in [0.2, 0.25) is 5.91 Å². The number of aryl methyl sites for hydroxylation is 2. The molecule has 0 atom stereocenters. The average Bonchev–Trinajstić information content (AvgIpc) is 2.41. The zero-order valence-corrected chi connectivity index (χ0v) is 11.3. The maximum Gasteiger partial charge on any atom is 0.267 e. The second-order valence-electron chi connectivity index (χ2n) is 4.40. The van der Waals surface area contributed by atoms with Crippen molar-refractivity contribution in [1.82, 2.24) is 25.1 Å². The molecule has 2 aromatic rings. The third-order valence-electron chi connectivity index (χ3n) is 2.62. The van der Waals surface area contributed by atoms with Gasteiger partial charge in [-0.3, -0.25) is 9.59 Å². The van der Waals surface area contributed by atoms with E-state index in [1.54, 1.807) is 19.1 Å². The summed E-state index contributed by atoms with van der Waals surface area (Å²) in [7, 11) is 0. The molecule has 104 valence electrons. The number of hydrogen-bond donors (Lipinski definition) is 1. The highest BCUT2D eigenvalue weighted by Gasteiger charge is 2.06. The van der Waals surface area contributed by atoms with Crippen LogP contribution in [0.15, 0.2) is 29.3 Å². The van der Waals surface area contributed by atoms with Gasteiger partial charge in [0.25, 0.3) is 5.56 Å². The topological polar surface area (TPSA) is 89.8 Å². The molecule has 1 N–H and O–H groups in total. The summed E-state index contributed by atoms with van der Waals surface area (Å²) in [4.78, 5) is 31.3. The van der Waals surface area contributed by atoms with Gasteiger partial charge in [0.15, 0.2) is 0 Å². The fraction of sp³-hybridized carbons (Fsp3) is 0.308. The molecule has 1 amide bonds. The van der Waals surface area contributed by atoms with Crippen molar-refractivity contribution in [1.29, 1.82) is 0 Å². The number of aromatic nitrogens is 4. The Morgan fingerprint density at radius 3 is 2.80 bits per heavy atom. The zero-order valence-electron chi connectivity index (χ0n) is 11.3. The standard InChI is InChI=1S/C13H15N5O2/c1-9-3-4-13(20)18(17-9)7-12(19)14-6-11-5-10(2)15-8-16-11/h3-5,8H,6-7H2,1-2H3,(H,14,19). The van der Waals surface area contributed by atoms with E-state index in [9.17, 15) is 9.59 Å². The van der Waals surface area contributed by atoms with Crippen LogP contribution in [0.25, 0.3) is 0 Å². The first kappa shape index (κ1) is 13.9. The van der Waals surface area contributed by atoms with Crippen LogP contribution in [0, 0.1) is 13.8 Å². The Bertz CT molecular complexity index is 680. The Morgan fingerprint density at radius 2 is 2.05 bits per heavy atom. The van der Waals surface area contributed by atoms with Crippen molar-refractivity contribution in [3.63, 3.8) is 0 Å². The first-order chi connectivity index (χ1) is 9.54. The summed E-state index contributed by atoms with van der Waals surface area (Å²) >= 11 is 0. The monoisotopic (exact) mass is 273 g/mol. The highest BCUT2D eigenvalue weighted by atomic mass is 16.2. The molecule has 2 aromatic heterocycles. The number of amides is 1. The second kappa shape index (κ2) is 6.05. The molecular formula is C13H15N5O2. The fourth-order valence-electron chi connectivity index (χ4n) is 1.65. The van der Waals surface area contributed by atoms with Gasteiger partial charge in [-0.15, -0.1) is 0 Å². The van der Waals surface area contributed by atoms with Crippen LogP contribution in [0.3, 0.4) is 0 Å². The van der Waals surface area contributed by atoms with E-state index >= 15 is 0 Å². The molecule has 0 saturated carbocycles. The Kier molecular flexibility index (Phi) is 4.19. The molecule has 0 bridgehead atoms. The molecular weight excluding hydrogens is 258 g/mol. The van der Waals surface area contributed by atoms with Crippen LogP contribution < -0.4 is 10.9 Å². The lowest BCUT2D eigenvalue weighted by Crippen LogP contribution is -2.33. The SMILES string of the molecule is Cc1cc(CNC(=O)Cn2nc(C)ccc2=O)ncn1. The second-order valence-corrected chi connectivity index (χ2v) is 4.40. The van der Waals surface area contributed by atoms with Crippen molar-refractivity contribution in [2.45, 2.75) is 26.9 Å². The predicted octanol–water partition coefficient (Wildman–Crippen LogP) is -0.0335. The van der Waals surface area contributed by atoms with E-state index in [2.05, 4.69) is 20.4 Å². The molecule has 7 heteroatoms. The van der Waals surface area contributed by atoms with Gasteiger partial charge in [0.1, 0.15) is 12.9 Å².